The summed E-state index contributed by atoms with van der Waals surface area (Å²) < 4.78 is 0. The van der Waals surface area contributed by atoms with Crippen molar-refractivity contribution >= 4 is 5.91 Å². The second-order valence-corrected chi connectivity index (χ2v) is 4.02. The number of nitrogens with zero attached hydrogens (tertiary/aromatic N) is 3. The van der Waals surface area contributed by atoms with Crippen molar-refractivity contribution in [2.24, 2.45) is 5.92 Å². The second kappa shape index (κ2) is 4.97. The monoisotopic (exact) mass is 195 g/mol. The van der Waals surface area contributed by atoms with Gasteiger partial charge in [0, 0.05) is 19.0 Å². The molecular formula is C10H17N3O. The molecule has 1 aliphatic heterocycles. The van der Waals surface area contributed by atoms with E-state index in [4.69, 9.17) is 5.26 Å². The molecule has 1 saturated heterocycles. The molecule has 0 radical (unpaired) electrons. The van der Waals surface area contributed by atoms with Crippen LogP contribution < -0.4 is 0 Å². The van der Waals surface area contributed by atoms with Crippen LogP contribution in [0.1, 0.15) is 12.8 Å². The standard InChI is InChI=1S/C10H17N3O/c1-12(2)8-10(14)13-5-3-9(7-11)4-6-13/h9H,3-6,8H2,1-2H3. The zero-order chi connectivity index (χ0) is 10.6. The molecular weight excluding hydrogens is 178 g/mol. The molecule has 0 aromatic heterocycles. The fourth-order valence-corrected chi connectivity index (χ4v) is 1.63. The van der Waals surface area contributed by atoms with Crippen LogP contribution in [-0.2, 0) is 4.79 Å². The smallest absolute Gasteiger partial charge is 0.236 e. The van der Waals surface area contributed by atoms with E-state index < -0.39 is 0 Å². The molecule has 0 atom stereocenters. The van der Waals surface area contributed by atoms with E-state index in [0.29, 0.717) is 6.54 Å². The predicted molar refractivity (Wildman–Crippen MR) is 53.5 cm³/mol. The Kier molecular flexibility index (Phi) is 3.90. The van der Waals surface area contributed by atoms with Crippen molar-refractivity contribution in [3.05, 3.63) is 0 Å². The number of amides is 1. The summed E-state index contributed by atoms with van der Waals surface area (Å²) in [6.07, 6.45) is 1.66. The average Bonchev–Trinajstić information content (AvgIpc) is 2.17. The molecule has 0 N–H and O–H groups in total. The molecule has 1 aliphatic rings. The molecule has 0 spiro atoms. The lowest BCUT2D eigenvalue weighted by molar-refractivity contribution is -0.133. The summed E-state index contributed by atoms with van der Waals surface area (Å²) in [6, 6.07) is 2.26. The topological polar surface area (TPSA) is 47.3 Å². The first-order valence-corrected chi connectivity index (χ1v) is 4.95. The van der Waals surface area contributed by atoms with Gasteiger partial charge in [-0.25, -0.2) is 0 Å². The molecule has 0 saturated carbocycles. The van der Waals surface area contributed by atoms with Crippen molar-refractivity contribution in [1.29, 1.82) is 5.26 Å². The van der Waals surface area contributed by atoms with Crippen molar-refractivity contribution in [3.8, 4) is 6.07 Å². The fourth-order valence-electron chi connectivity index (χ4n) is 1.63. The first-order chi connectivity index (χ1) is 6.63. The van der Waals surface area contributed by atoms with Gasteiger partial charge in [0.05, 0.1) is 12.6 Å². The minimum Gasteiger partial charge on any atom is -0.341 e. The van der Waals surface area contributed by atoms with Crippen LogP contribution in [0, 0.1) is 17.2 Å². The number of likely N-dealkylation sites (tertiary alicyclic amines) is 1. The number of hydrogen-bond donors (Lipinski definition) is 0. The van der Waals surface area contributed by atoms with Gasteiger partial charge in [0.15, 0.2) is 0 Å². The van der Waals surface area contributed by atoms with Crippen molar-refractivity contribution in [3.63, 3.8) is 0 Å². The number of rotatable bonds is 2. The first kappa shape index (κ1) is 11.0. The fraction of sp³-hybridized carbons (Fsp3) is 0.800. The highest BCUT2D eigenvalue weighted by Crippen LogP contribution is 2.15. The van der Waals surface area contributed by atoms with E-state index in [-0.39, 0.29) is 11.8 Å². The summed E-state index contributed by atoms with van der Waals surface area (Å²) in [5, 5.41) is 8.70. The van der Waals surface area contributed by atoms with E-state index in [9.17, 15) is 4.79 Å². The Morgan fingerprint density at radius 3 is 2.50 bits per heavy atom. The number of hydrogen-bond acceptors (Lipinski definition) is 3. The van der Waals surface area contributed by atoms with Crippen LogP contribution >= 0.6 is 0 Å². The van der Waals surface area contributed by atoms with Crippen molar-refractivity contribution in [1.82, 2.24) is 9.80 Å². The first-order valence-electron chi connectivity index (χ1n) is 4.95. The molecule has 0 aromatic rings. The van der Waals surface area contributed by atoms with Gasteiger partial charge in [-0.15, -0.1) is 0 Å². The molecule has 1 heterocycles. The SMILES string of the molecule is CN(C)CC(=O)N1CCC(C#N)CC1. The zero-order valence-electron chi connectivity index (χ0n) is 8.86. The van der Waals surface area contributed by atoms with Gasteiger partial charge in [-0.1, -0.05) is 0 Å². The van der Waals surface area contributed by atoms with E-state index in [1.807, 2.05) is 23.9 Å². The molecule has 0 aliphatic carbocycles. The normalized spacial score (nSPS) is 18.3. The van der Waals surface area contributed by atoms with E-state index in [2.05, 4.69) is 6.07 Å². The molecule has 14 heavy (non-hydrogen) atoms. The number of carbonyl (C=O) groups excluding carboxylic acids is 1. The van der Waals surface area contributed by atoms with E-state index in [1.54, 1.807) is 0 Å². The van der Waals surface area contributed by atoms with Gasteiger partial charge < -0.3 is 9.80 Å². The maximum Gasteiger partial charge on any atom is 0.236 e. The Morgan fingerprint density at radius 1 is 1.50 bits per heavy atom. The van der Waals surface area contributed by atoms with Crippen molar-refractivity contribution in [2.45, 2.75) is 12.8 Å². The Morgan fingerprint density at radius 2 is 2.07 bits per heavy atom. The lowest BCUT2D eigenvalue weighted by atomic mass is 9.98. The van der Waals surface area contributed by atoms with Crippen LogP contribution in [-0.4, -0.2) is 49.4 Å². The van der Waals surface area contributed by atoms with Crippen LogP contribution in [0.2, 0.25) is 0 Å². The highest BCUT2D eigenvalue weighted by atomic mass is 16.2. The molecule has 1 rings (SSSR count). The molecule has 1 fully saturated rings. The summed E-state index contributed by atoms with van der Waals surface area (Å²) in [5.41, 5.74) is 0. The van der Waals surface area contributed by atoms with E-state index in [1.165, 1.54) is 0 Å². The van der Waals surface area contributed by atoms with Gasteiger partial charge in [0.1, 0.15) is 0 Å². The Bertz CT molecular complexity index is 236. The van der Waals surface area contributed by atoms with Gasteiger partial charge in [0.25, 0.3) is 0 Å². The third kappa shape index (κ3) is 3.00. The summed E-state index contributed by atoms with van der Waals surface area (Å²) >= 11 is 0. The lowest BCUT2D eigenvalue weighted by Gasteiger charge is -2.30. The van der Waals surface area contributed by atoms with Gasteiger partial charge in [-0.3, -0.25) is 4.79 Å². The second-order valence-electron chi connectivity index (χ2n) is 4.02. The average molecular weight is 195 g/mol. The number of nitriles is 1. The largest absolute Gasteiger partial charge is 0.341 e. The van der Waals surface area contributed by atoms with Gasteiger partial charge >= 0.3 is 0 Å². The van der Waals surface area contributed by atoms with Gasteiger partial charge in [-0.2, -0.15) is 5.26 Å². The maximum atomic E-state index is 11.6. The van der Waals surface area contributed by atoms with Crippen LogP contribution in [0.25, 0.3) is 0 Å². The molecule has 4 nitrogen and oxygen atoms in total. The van der Waals surface area contributed by atoms with E-state index >= 15 is 0 Å². The van der Waals surface area contributed by atoms with Crippen LogP contribution in [0.4, 0.5) is 0 Å². The molecule has 4 heteroatoms. The molecule has 0 aromatic carbocycles. The minimum absolute atomic E-state index is 0.151. The van der Waals surface area contributed by atoms with Crippen LogP contribution in [0.5, 0.6) is 0 Å². The Hall–Kier alpha value is -1.08. The number of carbonyl (C=O) groups is 1. The third-order valence-corrected chi connectivity index (χ3v) is 2.48. The van der Waals surface area contributed by atoms with E-state index in [0.717, 1.165) is 25.9 Å². The Balaban J connectivity index is 2.35. The summed E-state index contributed by atoms with van der Waals surface area (Å²) in [4.78, 5) is 15.3. The minimum atomic E-state index is 0.151. The summed E-state index contributed by atoms with van der Waals surface area (Å²) in [6.45, 7) is 1.95. The lowest BCUT2D eigenvalue weighted by Crippen LogP contribution is -2.42. The Labute approximate surface area is 85.1 Å². The molecule has 0 bridgehead atoms. The quantitative estimate of drug-likeness (QED) is 0.637. The highest BCUT2D eigenvalue weighted by Gasteiger charge is 2.22. The van der Waals surface area contributed by atoms with Crippen molar-refractivity contribution in [2.75, 3.05) is 33.7 Å². The molecule has 78 valence electrons. The maximum absolute atomic E-state index is 11.6. The third-order valence-electron chi connectivity index (χ3n) is 2.48. The van der Waals surface area contributed by atoms with Gasteiger partial charge in [0.2, 0.25) is 5.91 Å². The highest BCUT2D eigenvalue weighted by molar-refractivity contribution is 5.78. The van der Waals surface area contributed by atoms with Crippen LogP contribution in [0.3, 0.4) is 0 Å². The molecule has 0 unspecified atom stereocenters. The zero-order valence-corrected chi connectivity index (χ0v) is 8.86. The van der Waals surface area contributed by atoms with Crippen LogP contribution in [0.15, 0.2) is 0 Å². The van der Waals surface area contributed by atoms with Crippen molar-refractivity contribution < 1.29 is 4.79 Å². The number of likely N-dealkylation sites (N-methyl/N-ethyl adjacent to an activating group) is 1. The predicted octanol–water partition coefficient (Wildman–Crippen LogP) is 0.310. The van der Waals surface area contributed by atoms with Gasteiger partial charge in [-0.05, 0) is 26.9 Å². The molecule has 1 amide bonds. The summed E-state index contributed by atoms with van der Waals surface area (Å²) in [5.74, 6) is 0.324. The summed E-state index contributed by atoms with van der Waals surface area (Å²) in [7, 11) is 3.78. The number of piperidine rings is 1.